The van der Waals surface area contributed by atoms with Gasteiger partial charge in [0.05, 0.1) is 11.4 Å². The molecule has 0 saturated carbocycles. The van der Waals surface area contributed by atoms with E-state index in [0.29, 0.717) is 6.04 Å². The van der Waals surface area contributed by atoms with Crippen molar-refractivity contribution in [1.82, 2.24) is 0 Å². The predicted molar refractivity (Wildman–Crippen MR) is 57.4 cm³/mol. The first kappa shape index (κ1) is 8.42. The first-order valence-corrected chi connectivity index (χ1v) is 4.90. The molecule has 0 aliphatic carbocycles. The second kappa shape index (κ2) is 3.29. The molecule has 1 aromatic rings. The van der Waals surface area contributed by atoms with Gasteiger partial charge < -0.3 is 10.6 Å². The molecule has 1 aliphatic heterocycles. The molecule has 0 saturated heterocycles. The highest BCUT2D eigenvalue weighted by atomic mass is 15.1. The van der Waals surface area contributed by atoms with Gasteiger partial charge in [-0.1, -0.05) is 13.0 Å². The Hall–Kier alpha value is -1.18. The van der Waals surface area contributed by atoms with Crippen molar-refractivity contribution in [3.05, 3.63) is 23.8 Å². The van der Waals surface area contributed by atoms with Crippen LogP contribution in [0.25, 0.3) is 0 Å². The standard InChI is InChI=1S/C11H16N2/c1-3-9-7-12-10-5-4-8(2)6-11(10)13-9/h4-6,9,12-13H,3,7H2,1-2H3. The Labute approximate surface area is 79.4 Å². The Balaban J connectivity index is 2.27. The summed E-state index contributed by atoms with van der Waals surface area (Å²) in [6.45, 7) is 5.37. The highest BCUT2D eigenvalue weighted by molar-refractivity contribution is 5.72. The normalized spacial score (nSPS) is 20.0. The first-order valence-electron chi connectivity index (χ1n) is 4.90. The highest BCUT2D eigenvalue weighted by Gasteiger charge is 2.14. The zero-order chi connectivity index (χ0) is 9.26. The van der Waals surface area contributed by atoms with E-state index < -0.39 is 0 Å². The fraction of sp³-hybridized carbons (Fsp3) is 0.455. The van der Waals surface area contributed by atoms with E-state index in [-0.39, 0.29) is 0 Å². The third-order valence-electron chi connectivity index (χ3n) is 2.57. The Morgan fingerprint density at radius 3 is 3.00 bits per heavy atom. The summed E-state index contributed by atoms with van der Waals surface area (Å²) in [5.74, 6) is 0. The van der Waals surface area contributed by atoms with Crippen molar-refractivity contribution in [2.24, 2.45) is 0 Å². The van der Waals surface area contributed by atoms with E-state index in [0.717, 1.165) is 6.54 Å². The van der Waals surface area contributed by atoms with E-state index in [1.54, 1.807) is 0 Å². The van der Waals surface area contributed by atoms with Crippen LogP contribution in [0.15, 0.2) is 18.2 Å². The zero-order valence-corrected chi connectivity index (χ0v) is 8.22. The molecule has 0 fully saturated rings. The average Bonchev–Trinajstić information content (AvgIpc) is 2.16. The molecule has 2 rings (SSSR count). The van der Waals surface area contributed by atoms with E-state index in [9.17, 15) is 0 Å². The second-order valence-electron chi connectivity index (χ2n) is 3.68. The minimum atomic E-state index is 0.578. The van der Waals surface area contributed by atoms with Gasteiger partial charge in [0.1, 0.15) is 0 Å². The van der Waals surface area contributed by atoms with Crippen LogP contribution in [0.2, 0.25) is 0 Å². The fourth-order valence-electron chi connectivity index (χ4n) is 1.68. The van der Waals surface area contributed by atoms with Gasteiger partial charge in [0.2, 0.25) is 0 Å². The summed E-state index contributed by atoms with van der Waals surface area (Å²) < 4.78 is 0. The third-order valence-corrected chi connectivity index (χ3v) is 2.57. The lowest BCUT2D eigenvalue weighted by molar-refractivity contribution is 0.713. The van der Waals surface area contributed by atoms with Crippen LogP contribution in [0.3, 0.4) is 0 Å². The average molecular weight is 176 g/mol. The minimum absolute atomic E-state index is 0.578. The van der Waals surface area contributed by atoms with Gasteiger partial charge in [-0.25, -0.2) is 0 Å². The van der Waals surface area contributed by atoms with Crippen LogP contribution in [0, 0.1) is 6.92 Å². The molecular weight excluding hydrogens is 160 g/mol. The van der Waals surface area contributed by atoms with Gasteiger partial charge in [0.25, 0.3) is 0 Å². The number of rotatable bonds is 1. The minimum Gasteiger partial charge on any atom is -0.381 e. The third kappa shape index (κ3) is 1.62. The number of nitrogens with one attached hydrogen (secondary N) is 2. The lowest BCUT2D eigenvalue weighted by Crippen LogP contribution is -2.32. The summed E-state index contributed by atoms with van der Waals surface area (Å²) in [6.07, 6.45) is 1.17. The molecule has 1 heterocycles. The summed E-state index contributed by atoms with van der Waals surface area (Å²) in [5, 5.41) is 6.95. The van der Waals surface area contributed by atoms with Crippen molar-refractivity contribution < 1.29 is 0 Å². The van der Waals surface area contributed by atoms with E-state index in [4.69, 9.17) is 0 Å². The van der Waals surface area contributed by atoms with Gasteiger partial charge >= 0.3 is 0 Å². The van der Waals surface area contributed by atoms with Crippen LogP contribution in [-0.2, 0) is 0 Å². The molecule has 70 valence electrons. The predicted octanol–water partition coefficient (Wildman–Crippen LogP) is 2.61. The van der Waals surface area contributed by atoms with Crippen molar-refractivity contribution in [2.75, 3.05) is 17.2 Å². The smallest absolute Gasteiger partial charge is 0.0581 e. The summed E-state index contributed by atoms with van der Waals surface area (Å²) in [7, 11) is 0. The molecule has 1 aliphatic rings. The summed E-state index contributed by atoms with van der Waals surface area (Å²) in [6, 6.07) is 7.06. The monoisotopic (exact) mass is 176 g/mol. The molecule has 1 atom stereocenters. The van der Waals surface area contributed by atoms with Gasteiger partial charge in [-0.3, -0.25) is 0 Å². The molecular formula is C11H16N2. The SMILES string of the molecule is CCC1CNc2ccc(C)cc2N1. The van der Waals surface area contributed by atoms with Gasteiger partial charge in [-0.2, -0.15) is 0 Å². The molecule has 0 aromatic heterocycles. The van der Waals surface area contributed by atoms with Crippen molar-refractivity contribution in [2.45, 2.75) is 26.3 Å². The zero-order valence-electron chi connectivity index (χ0n) is 8.22. The van der Waals surface area contributed by atoms with E-state index in [2.05, 4.69) is 42.7 Å². The molecule has 13 heavy (non-hydrogen) atoms. The van der Waals surface area contributed by atoms with Crippen LogP contribution >= 0.6 is 0 Å². The maximum atomic E-state index is 3.52. The lowest BCUT2D eigenvalue weighted by Gasteiger charge is -2.27. The van der Waals surface area contributed by atoms with Crippen LogP contribution in [-0.4, -0.2) is 12.6 Å². The Bertz CT molecular complexity index is 307. The molecule has 0 amide bonds. The summed E-state index contributed by atoms with van der Waals surface area (Å²) >= 11 is 0. The largest absolute Gasteiger partial charge is 0.381 e. The Kier molecular flexibility index (Phi) is 2.13. The number of anilines is 2. The van der Waals surface area contributed by atoms with Crippen LogP contribution in [0.4, 0.5) is 11.4 Å². The molecule has 2 N–H and O–H groups in total. The maximum absolute atomic E-state index is 3.52. The molecule has 2 heteroatoms. The van der Waals surface area contributed by atoms with Gasteiger partial charge in [-0.05, 0) is 31.0 Å². The number of aryl methyl sites for hydroxylation is 1. The Morgan fingerprint density at radius 1 is 1.38 bits per heavy atom. The molecule has 1 aromatic carbocycles. The van der Waals surface area contributed by atoms with Crippen molar-refractivity contribution in [3.63, 3.8) is 0 Å². The highest BCUT2D eigenvalue weighted by Crippen LogP contribution is 2.27. The molecule has 1 unspecified atom stereocenters. The van der Waals surface area contributed by atoms with Crippen molar-refractivity contribution in [3.8, 4) is 0 Å². The summed E-state index contributed by atoms with van der Waals surface area (Å²) in [5.41, 5.74) is 3.79. The lowest BCUT2D eigenvalue weighted by atomic mass is 10.1. The quantitative estimate of drug-likeness (QED) is 0.687. The van der Waals surface area contributed by atoms with Gasteiger partial charge in [0.15, 0.2) is 0 Å². The topological polar surface area (TPSA) is 24.1 Å². The molecule has 0 bridgehead atoms. The number of fused-ring (bicyclic) bond motifs is 1. The maximum Gasteiger partial charge on any atom is 0.0581 e. The molecule has 0 spiro atoms. The Morgan fingerprint density at radius 2 is 2.23 bits per heavy atom. The van der Waals surface area contributed by atoms with E-state index >= 15 is 0 Å². The fourth-order valence-corrected chi connectivity index (χ4v) is 1.68. The number of hydrogen-bond donors (Lipinski definition) is 2. The first-order chi connectivity index (χ1) is 6.29. The van der Waals surface area contributed by atoms with Crippen LogP contribution in [0.5, 0.6) is 0 Å². The van der Waals surface area contributed by atoms with Crippen LogP contribution in [0.1, 0.15) is 18.9 Å². The second-order valence-corrected chi connectivity index (χ2v) is 3.68. The molecule has 0 radical (unpaired) electrons. The number of hydrogen-bond acceptors (Lipinski definition) is 2. The van der Waals surface area contributed by atoms with E-state index in [1.165, 1.54) is 23.4 Å². The summed E-state index contributed by atoms with van der Waals surface area (Å²) in [4.78, 5) is 0. The van der Waals surface area contributed by atoms with Crippen LogP contribution < -0.4 is 10.6 Å². The van der Waals surface area contributed by atoms with Gasteiger partial charge in [0, 0.05) is 12.6 Å². The van der Waals surface area contributed by atoms with Gasteiger partial charge in [-0.15, -0.1) is 0 Å². The van der Waals surface area contributed by atoms with Crippen molar-refractivity contribution >= 4 is 11.4 Å². The van der Waals surface area contributed by atoms with E-state index in [1.807, 2.05) is 0 Å². The molecule has 2 nitrogen and oxygen atoms in total. The number of benzene rings is 1. The van der Waals surface area contributed by atoms with Crippen molar-refractivity contribution in [1.29, 1.82) is 0 Å².